The summed E-state index contributed by atoms with van der Waals surface area (Å²) < 4.78 is 27.9. The van der Waals surface area contributed by atoms with Gasteiger partial charge in [0.1, 0.15) is 11.2 Å². The van der Waals surface area contributed by atoms with Crippen LogP contribution in [0.3, 0.4) is 0 Å². The first-order valence-corrected chi connectivity index (χ1v) is 8.65. The smallest absolute Gasteiger partial charge is 0.236 e. The van der Waals surface area contributed by atoms with Crippen LogP contribution in [0.2, 0.25) is 0 Å². The van der Waals surface area contributed by atoms with E-state index in [9.17, 15) is 8.42 Å². The topological polar surface area (TPSA) is 52.0 Å². The maximum atomic E-state index is 12.8. The highest BCUT2D eigenvalue weighted by molar-refractivity contribution is 9.11. The molecule has 20 heavy (non-hydrogen) atoms. The lowest BCUT2D eigenvalue weighted by Gasteiger charge is -2.09. The molecule has 7 heteroatoms. The van der Waals surface area contributed by atoms with Crippen molar-refractivity contribution in [1.82, 2.24) is 8.96 Å². The second-order valence-electron chi connectivity index (χ2n) is 4.11. The van der Waals surface area contributed by atoms with Crippen molar-refractivity contribution in [3.63, 3.8) is 0 Å². The van der Waals surface area contributed by atoms with E-state index in [-0.39, 0.29) is 4.90 Å². The second kappa shape index (κ2) is 4.98. The normalized spacial score (nSPS) is 11.9. The molecule has 102 valence electrons. The molecule has 0 aliphatic heterocycles. The highest BCUT2D eigenvalue weighted by Crippen LogP contribution is 2.29. The molecule has 0 saturated heterocycles. The summed E-state index contributed by atoms with van der Waals surface area (Å²) in [4.78, 5) is 4.31. The number of hydrogen-bond donors (Lipinski definition) is 0. The number of para-hydroxylation sites is 2. The van der Waals surface area contributed by atoms with Gasteiger partial charge in [-0.3, -0.25) is 0 Å². The maximum Gasteiger partial charge on any atom is 0.270 e. The number of nitrogens with zero attached hydrogens (tertiary/aromatic N) is 2. The lowest BCUT2D eigenvalue weighted by atomic mass is 10.3. The first-order valence-electron chi connectivity index (χ1n) is 5.63. The molecule has 3 aromatic rings. The molecule has 0 spiro atoms. The van der Waals surface area contributed by atoms with Crippen LogP contribution in [0, 0.1) is 0 Å². The van der Waals surface area contributed by atoms with Crippen LogP contribution in [0.25, 0.3) is 11.0 Å². The molecule has 0 amide bonds. The van der Waals surface area contributed by atoms with Crippen molar-refractivity contribution in [2.45, 2.75) is 4.90 Å². The zero-order chi connectivity index (χ0) is 14.3. The zero-order valence-corrected chi connectivity index (χ0v) is 14.0. The fourth-order valence-corrected chi connectivity index (χ4v) is 4.67. The summed E-state index contributed by atoms with van der Waals surface area (Å²) in [7, 11) is -3.70. The molecular weight excluding hydrogens is 408 g/mol. The van der Waals surface area contributed by atoms with E-state index < -0.39 is 10.0 Å². The minimum Gasteiger partial charge on any atom is -0.236 e. The summed E-state index contributed by atoms with van der Waals surface area (Å²) in [5, 5.41) is 0. The Morgan fingerprint density at radius 1 is 1.05 bits per heavy atom. The second-order valence-corrected chi connectivity index (χ2v) is 7.66. The van der Waals surface area contributed by atoms with Gasteiger partial charge in [-0.25, -0.2) is 17.4 Å². The number of hydrogen-bond acceptors (Lipinski definition) is 3. The van der Waals surface area contributed by atoms with Crippen molar-refractivity contribution in [1.29, 1.82) is 0 Å². The third-order valence-electron chi connectivity index (χ3n) is 2.85. The minimum atomic E-state index is -3.70. The highest BCUT2D eigenvalue weighted by Gasteiger charge is 2.22. The Hall–Kier alpha value is -1.18. The van der Waals surface area contributed by atoms with Crippen molar-refractivity contribution in [3.8, 4) is 0 Å². The fraction of sp³-hybridized carbons (Fsp3) is 0. The van der Waals surface area contributed by atoms with Gasteiger partial charge in [0, 0.05) is 8.95 Å². The van der Waals surface area contributed by atoms with Gasteiger partial charge in [0.25, 0.3) is 10.0 Å². The molecule has 0 saturated carbocycles. The number of halogens is 2. The first kappa shape index (κ1) is 13.8. The van der Waals surface area contributed by atoms with Gasteiger partial charge in [-0.1, -0.05) is 28.1 Å². The molecule has 2 aromatic carbocycles. The molecule has 1 aromatic heterocycles. The van der Waals surface area contributed by atoms with E-state index in [1.165, 1.54) is 10.3 Å². The quantitative estimate of drug-likeness (QED) is 0.639. The molecule has 3 rings (SSSR count). The molecule has 0 aliphatic carbocycles. The van der Waals surface area contributed by atoms with Gasteiger partial charge in [-0.15, -0.1) is 0 Å². The molecule has 4 nitrogen and oxygen atoms in total. The lowest BCUT2D eigenvalue weighted by Crippen LogP contribution is -2.12. The SMILES string of the molecule is O=S(=O)(c1cc(Br)ccc1Br)n1cnc2ccccc21. The molecular formula is C13H8Br2N2O2S. The van der Waals surface area contributed by atoms with Crippen LogP contribution >= 0.6 is 31.9 Å². The van der Waals surface area contributed by atoms with E-state index in [0.717, 1.165) is 0 Å². The maximum absolute atomic E-state index is 12.8. The summed E-state index contributed by atoms with van der Waals surface area (Å²) in [5.41, 5.74) is 1.20. The van der Waals surface area contributed by atoms with Gasteiger partial charge in [-0.05, 0) is 46.3 Å². The Kier molecular flexibility index (Phi) is 3.43. The molecule has 0 unspecified atom stereocenters. The largest absolute Gasteiger partial charge is 0.270 e. The zero-order valence-electron chi connectivity index (χ0n) is 9.99. The predicted octanol–water partition coefficient (Wildman–Crippen LogP) is 3.80. The van der Waals surface area contributed by atoms with Crippen molar-refractivity contribution in [3.05, 3.63) is 57.7 Å². The molecule has 0 N–H and O–H groups in total. The van der Waals surface area contributed by atoms with Crippen LogP contribution in [0.15, 0.2) is 62.6 Å². The number of imidazole rings is 1. The van der Waals surface area contributed by atoms with Gasteiger partial charge in [0.15, 0.2) is 0 Å². The van der Waals surface area contributed by atoms with Crippen LogP contribution < -0.4 is 0 Å². The molecule has 0 bridgehead atoms. The highest BCUT2D eigenvalue weighted by atomic mass is 79.9. The fourth-order valence-electron chi connectivity index (χ4n) is 1.91. The van der Waals surface area contributed by atoms with Gasteiger partial charge in [0.05, 0.1) is 11.0 Å². The summed E-state index contributed by atoms with van der Waals surface area (Å²) in [5.74, 6) is 0. The number of benzene rings is 2. The van der Waals surface area contributed by atoms with E-state index in [1.807, 2.05) is 6.07 Å². The predicted molar refractivity (Wildman–Crippen MR) is 84.2 cm³/mol. The van der Waals surface area contributed by atoms with Gasteiger partial charge >= 0.3 is 0 Å². The van der Waals surface area contributed by atoms with E-state index in [2.05, 4.69) is 36.8 Å². The number of aromatic nitrogens is 2. The van der Waals surface area contributed by atoms with Crippen molar-refractivity contribution < 1.29 is 8.42 Å². The number of fused-ring (bicyclic) bond motifs is 1. The Morgan fingerprint density at radius 2 is 1.80 bits per heavy atom. The summed E-state index contributed by atoms with van der Waals surface area (Å²) in [6.07, 6.45) is 1.33. The van der Waals surface area contributed by atoms with E-state index in [4.69, 9.17) is 0 Å². The monoisotopic (exact) mass is 414 g/mol. The van der Waals surface area contributed by atoms with E-state index in [1.54, 1.807) is 36.4 Å². The van der Waals surface area contributed by atoms with Crippen molar-refractivity contribution in [2.24, 2.45) is 0 Å². The van der Waals surface area contributed by atoms with Gasteiger partial charge < -0.3 is 0 Å². The average molecular weight is 416 g/mol. The molecule has 0 atom stereocenters. The van der Waals surface area contributed by atoms with Crippen LogP contribution in [0.5, 0.6) is 0 Å². The van der Waals surface area contributed by atoms with Crippen molar-refractivity contribution in [2.75, 3.05) is 0 Å². The van der Waals surface area contributed by atoms with E-state index in [0.29, 0.717) is 20.0 Å². The Bertz CT molecular complexity index is 904. The van der Waals surface area contributed by atoms with Crippen LogP contribution in [0.4, 0.5) is 0 Å². The Balaban J connectivity index is 2.29. The number of rotatable bonds is 2. The first-order chi connectivity index (χ1) is 9.50. The summed E-state index contributed by atoms with van der Waals surface area (Å²) in [6.45, 7) is 0. The molecule has 0 fully saturated rings. The summed E-state index contributed by atoms with van der Waals surface area (Å²) in [6, 6.07) is 12.1. The summed E-state index contributed by atoms with van der Waals surface area (Å²) >= 11 is 6.57. The van der Waals surface area contributed by atoms with Crippen LogP contribution in [-0.4, -0.2) is 17.4 Å². The van der Waals surface area contributed by atoms with Crippen molar-refractivity contribution >= 4 is 52.9 Å². The molecule has 1 heterocycles. The average Bonchev–Trinajstić information content (AvgIpc) is 2.86. The molecule has 0 radical (unpaired) electrons. The third-order valence-corrected chi connectivity index (χ3v) is 6.00. The molecule has 0 aliphatic rings. The minimum absolute atomic E-state index is 0.190. The standard InChI is InChI=1S/C13H8Br2N2O2S/c14-9-5-6-10(15)13(7-9)20(18,19)17-8-16-11-3-1-2-4-12(11)17/h1-8H. The van der Waals surface area contributed by atoms with Crippen LogP contribution in [0.1, 0.15) is 0 Å². The Labute approximate surface area is 132 Å². The van der Waals surface area contributed by atoms with E-state index >= 15 is 0 Å². The van der Waals surface area contributed by atoms with Gasteiger partial charge in [-0.2, -0.15) is 0 Å². The lowest BCUT2D eigenvalue weighted by molar-refractivity contribution is 0.588. The van der Waals surface area contributed by atoms with Crippen LogP contribution in [-0.2, 0) is 10.0 Å². The van der Waals surface area contributed by atoms with Gasteiger partial charge in [0.2, 0.25) is 0 Å². The third kappa shape index (κ3) is 2.19. The Morgan fingerprint density at radius 3 is 2.60 bits per heavy atom.